The Labute approximate surface area is 103 Å². The molecule has 94 valence electrons. The third-order valence-corrected chi connectivity index (χ3v) is 3.06. The molecule has 17 heavy (non-hydrogen) atoms. The molecule has 2 unspecified atom stereocenters. The predicted octanol–water partition coefficient (Wildman–Crippen LogP) is 2.24. The van der Waals surface area contributed by atoms with Gasteiger partial charge in [-0.25, -0.2) is 0 Å². The molecule has 0 aliphatic heterocycles. The SMILES string of the molecule is CCC(CN)CC(=O)NC(C)c1ccccc1. The van der Waals surface area contributed by atoms with E-state index in [9.17, 15) is 4.79 Å². The van der Waals surface area contributed by atoms with E-state index in [4.69, 9.17) is 5.73 Å². The van der Waals surface area contributed by atoms with Crippen molar-refractivity contribution in [1.29, 1.82) is 0 Å². The third-order valence-electron chi connectivity index (χ3n) is 3.06. The molecule has 0 radical (unpaired) electrons. The minimum absolute atomic E-state index is 0.0546. The summed E-state index contributed by atoms with van der Waals surface area (Å²) >= 11 is 0. The summed E-state index contributed by atoms with van der Waals surface area (Å²) in [6.45, 7) is 4.63. The molecule has 0 spiro atoms. The highest BCUT2D eigenvalue weighted by Gasteiger charge is 2.13. The van der Waals surface area contributed by atoms with Gasteiger partial charge in [0.25, 0.3) is 0 Å². The molecule has 1 aromatic rings. The lowest BCUT2D eigenvalue weighted by atomic mass is 10.0. The van der Waals surface area contributed by atoms with Crippen LogP contribution in [0.4, 0.5) is 0 Å². The molecular formula is C14H22N2O. The zero-order chi connectivity index (χ0) is 12.7. The van der Waals surface area contributed by atoms with Gasteiger partial charge in [0.15, 0.2) is 0 Å². The average molecular weight is 234 g/mol. The predicted molar refractivity (Wildman–Crippen MR) is 70.5 cm³/mol. The normalized spacial score (nSPS) is 14.1. The summed E-state index contributed by atoms with van der Waals surface area (Å²) in [5.41, 5.74) is 6.72. The van der Waals surface area contributed by atoms with E-state index >= 15 is 0 Å². The Morgan fingerprint density at radius 2 is 2.00 bits per heavy atom. The van der Waals surface area contributed by atoms with Gasteiger partial charge in [0.2, 0.25) is 5.91 Å². The van der Waals surface area contributed by atoms with Crippen LogP contribution in [-0.2, 0) is 4.79 Å². The largest absolute Gasteiger partial charge is 0.350 e. The van der Waals surface area contributed by atoms with Gasteiger partial charge in [-0.2, -0.15) is 0 Å². The van der Waals surface area contributed by atoms with Crippen LogP contribution in [0.25, 0.3) is 0 Å². The van der Waals surface area contributed by atoms with Gasteiger partial charge >= 0.3 is 0 Å². The molecular weight excluding hydrogens is 212 g/mol. The van der Waals surface area contributed by atoms with Gasteiger partial charge in [-0.3, -0.25) is 4.79 Å². The maximum Gasteiger partial charge on any atom is 0.220 e. The van der Waals surface area contributed by atoms with Crippen LogP contribution >= 0.6 is 0 Å². The Morgan fingerprint density at radius 1 is 1.35 bits per heavy atom. The minimum Gasteiger partial charge on any atom is -0.350 e. The van der Waals surface area contributed by atoms with E-state index in [1.807, 2.05) is 37.3 Å². The molecule has 1 aromatic carbocycles. The van der Waals surface area contributed by atoms with E-state index in [0.717, 1.165) is 12.0 Å². The van der Waals surface area contributed by atoms with E-state index in [-0.39, 0.29) is 17.9 Å². The number of carbonyl (C=O) groups is 1. The van der Waals surface area contributed by atoms with Crippen molar-refractivity contribution in [3.63, 3.8) is 0 Å². The quantitative estimate of drug-likeness (QED) is 0.793. The van der Waals surface area contributed by atoms with Gasteiger partial charge in [-0.1, -0.05) is 43.7 Å². The van der Waals surface area contributed by atoms with Gasteiger partial charge in [0, 0.05) is 6.42 Å². The number of hydrogen-bond acceptors (Lipinski definition) is 2. The number of carbonyl (C=O) groups excluding carboxylic acids is 1. The van der Waals surface area contributed by atoms with Crippen molar-refractivity contribution in [2.24, 2.45) is 11.7 Å². The fourth-order valence-corrected chi connectivity index (χ4v) is 1.78. The molecule has 3 nitrogen and oxygen atoms in total. The molecule has 0 aliphatic carbocycles. The first-order valence-electron chi connectivity index (χ1n) is 6.21. The topological polar surface area (TPSA) is 55.1 Å². The molecule has 0 fully saturated rings. The number of nitrogens with two attached hydrogens (primary N) is 1. The highest BCUT2D eigenvalue weighted by Crippen LogP contribution is 2.12. The first-order valence-corrected chi connectivity index (χ1v) is 6.21. The van der Waals surface area contributed by atoms with Crippen molar-refractivity contribution >= 4 is 5.91 Å². The zero-order valence-electron chi connectivity index (χ0n) is 10.6. The molecule has 3 N–H and O–H groups in total. The molecule has 0 aliphatic rings. The zero-order valence-corrected chi connectivity index (χ0v) is 10.6. The second kappa shape index (κ2) is 7.07. The lowest BCUT2D eigenvalue weighted by Gasteiger charge is -2.17. The van der Waals surface area contributed by atoms with Gasteiger partial charge in [0.1, 0.15) is 0 Å². The molecule has 1 amide bonds. The van der Waals surface area contributed by atoms with Crippen LogP contribution in [0.2, 0.25) is 0 Å². The van der Waals surface area contributed by atoms with Crippen LogP contribution in [0.3, 0.4) is 0 Å². The van der Waals surface area contributed by atoms with Crippen LogP contribution in [0.15, 0.2) is 30.3 Å². The summed E-state index contributed by atoms with van der Waals surface area (Å²) in [7, 11) is 0. The Balaban J connectivity index is 2.46. The standard InChI is InChI=1S/C14H22N2O/c1-3-12(10-15)9-14(17)16-11(2)13-7-5-4-6-8-13/h4-8,11-12H,3,9-10,15H2,1-2H3,(H,16,17). The number of amides is 1. The maximum atomic E-state index is 11.8. The van der Waals surface area contributed by atoms with Gasteiger partial charge < -0.3 is 11.1 Å². The van der Waals surface area contributed by atoms with Gasteiger partial charge in [-0.05, 0) is 24.9 Å². The van der Waals surface area contributed by atoms with Crippen molar-refractivity contribution in [3.05, 3.63) is 35.9 Å². The van der Waals surface area contributed by atoms with Crippen molar-refractivity contribution in [2.75, 3.05) is 6.54 Å². The minimum atomic E-state index is 0.0546. The number of rotatable bonds is 6. The molecule has 1 rings (SSSR count). The molecule has 0 aromatic heterocycles. The van der Waals surface area contributed by atoms with Gasteiger partial charge in [-0.15, -0.1) is 0 Å². The molecule has 0 heterocycles. The Kier molecular flexibility index (Phi) is 5.70. The van der Waals surface area contributed by atoms with Crippen molar-refractivity contribution in [2.45, 2.75) is 32.7 Å². The highest BCUT2D eigenvalue weighted by atomic mass is 16.1. The second-order valence-electron chi connectivity index (χ2n) is 4.41. The van der Waals surface area contributed by atoms with Crippen molar-refractivity contribution < 1.29 is 4.79 Å². The smallest absolute Gasteiger partial charge is 0.220 e. The summed E-state index contributed by atoms with van der Waals surface area (Å²) in [6, 6.07) is 10.0. The summed E-state index contributed by atoms with van der Waals surface area (Å²) in [6.07, 6.45) is 1.47. The third kappa shape index (κ3) is 4.57. The fourth-order valence-electron chi connectivity index (χ4n) is 1.78. The lowest BCUT2D eigenvalue weighted by Crippen LogP contribution is -2.30. The summed E-state index contributed by atoms with van der Waals surface area (Å²) in [5, 5.41) is 3.00. The van der Waals surface area contributed by atoms with E-state index in [0.29, 0.717) is 13.0 Å². The second-order valence-corrected chi connectivity index (χ2v) is 4.41. The number of benzene rings is 1. The number of hydrogen-bond donors (Lipinski definition) is 2. The lowest BCUT2D eigenvalue weighted by molar-refractivity contribution is -0.122. The summed E-state index contributed by atoms with van der Waals surface area (Å²) in [4.78, 5) is 11.8. The van der Waals surface area contributed by atoms with Crippen molar-refractivity contribution in [1.82, 2.24) is 5.32 Å². The summed E-state index contributed by atoms with van der Waals surface area (Å²) < 4.78 is 0. The molecule has 2 atom stereocenters. The van der Waals surface area contributed by atoms with E-state index < -0.39 is 0 Å². The Morgan fingerprint density at radius 3 is 2.53 bits per heavy atom. The van der Waals surface area contributed by atoms with E-state index in [1.54, 1.807) is 0 Å². The van der Waals surface area contributed by atoms with E-state index in [2.05, 4.69) is 12.2 Å². The molecule has 3 heteroatoms. The Bertz CT molecular complexity index is 333. The van der Waals surface area contributed by atoms with Crippen LogP contribution in [-0.4, -0.2) is 12.5 Å². The monoisotopic (exact) mass is 234 g/mol. The first kappa shape index (κ1) is 13.7. The fraction of sp³-hybridized carbons (Fsp3) is 0.500. The molecule has 0 bridgehead atoms. The summed E-state index contributed by atoms with van der Waals surface area (Å²) in [5.74, 6) is 0.372. The first-order chi connectivity index (χ1) is 8.17. The number of nitrogens with one attached hydrogen (secondary N) is 1. The van der Waals surface area contributed by atoms with Crippen LogP contribution in [0.1, 0.15) is 38.3 Å². The molecule has 0 saturated carbocycles. The van der Waals surface area contributed by atoms with Crippen LogP contribution in [0.5, 0.6) is 0 Å². The maximum absolute atomic E-state index is 11.8. The van der Waals surface area contributed by atoms with Crippen molar-refractivity contribution in [3.8, 4) is 0 Å². The highest BCUT2D eigenvalue weighted by molar-refractivity contribution is 5.76. The molecule has 0 saturated heterocycles. The van der Waals surface area contributed by atoms with Crippen LogP contribution < -0.4 is 11.1 Å². The van der Waals surface area contributed by atoms with Crippen LogP contribution in [0, 0.1) is 5.92 Å². The van der Waals surface area contributed by atoms with E-state index in [1.165, 1.54) is 0 Å². The average Bonchev–Trinajstić information content (AvgIpc) is 2.37. The Hall–Kier alpha value is -1.35. The van der Waals surface area contributed by atoms with Gasteiger partial charge in [0.05, 0.1) is 6.04 Å².